The Kier molecular flexibility index (Phi) is 8.43. The van der Waals surface area contributed by atoms with Crippen LogP contribution in [0, 0.1) is 17.2 Å². The first-order valence-corrected chi connectivity index (χ1v) is 12.9. The van der Waals surface area contributed by atoms with Gasteiger partial charge in [-0.2, -0.15) is 18.4 Å². The number of halogens is 3. The molecule has 1 saturated carbocycles. The number of amides is 1. The Morgan fingerprint density at radius 1 is 0.949 bits per heavy atom. The normalized spacial score (nSPS) is 16.7. The molecule has 0 aliphatic heterocycles. The summed E-state index contributed by atoms with van der Waals surface area (Å²) in [5.74, 6) is -0.128. The van der Waals surface area contributed by atoms with Gasteiger partial charge in [-0.25, -0.2) is 0 Å². The summed E-state index contributed by atoms with van der Waals surface area (Å²) in [6.45, 7) is 4.01. The van der Waals surface area contributed by atoms with E-state index in [1.165, 1.54) is 24.3 Å². The Labute approximate surface area is 226 Å². The lowest BCUT2D eigenvalue weighted by molar-refractivity contribution is -0.206. The van der Waals surface area contributed by atoms with Crippen LogP contribution in [0.3, 0.4) is 0 Å². The fourth-order valence-electron chi connectivity index (χ4n) is 4.40. The van der Waals surface area contributed by atoms with Crippen molar-refractivity contribution >= 4 is 5.91 Å². The van der Waals surface area contributed by atoms with Gasteiger partial charge in [0.2, 0.25) is 5.91 Å². The lowest BCUT2D eigenvalue weighted by Gasteiger charge is -2.27. The van der Waals surface area contributed by atoms with Crippen LogP contribution < -0.4 is 5.32 Å². The van der Waals surface area contributed by atoms with Crippen LogP contribution in [-0.4, -0.2) is 28.8 Å². The van der Waals surface area contributed by atoms with Crippen LogP contribution in [-0.2, 0) is 9.53 Å². The molecule has 0 heterocycles. The molecule has 1 fully saturated rings. The molecule has 3 atom stereocenters. The van der Waals surface area contributed by atoms with Crippen molar-refractivity contribution in [3.63, 3.8) is 0 Å². The molecule has 2 N–H and O–H groups in total. The molecular weight excluding hydrogens is 505 g/mol. The largest absolute Gasteiger partial charge is 0.418 e. The standard InChI is InChI=1S/C31H31F3N2O3/c1-20(2)18-26(29(38)36-30(19-35)16-17-30)39-27(23-6-4-3-5-7-23)24-12-8-21(9-13-24)22-10-14-25(15-11-22)28(37)31(32,33)34/h3-15,20,26-28,37H,16-18H2,1-2H3,(H,36,38)/t26-,27?,28?/m0/s1. The fraction of sp³-hybridized carbons (Fsp3) is 0.355. The zero-order valence-corrected chi connectivity index (χ0v) is 21.8. The zero-order valence-electron chi connectivity index (χ0n) is 21.8. The van der Waals surface area contributed by atoms with E-state index < -0.39 is 30.0 Å². The van der Waals surface area contributed by atoms with Crippen molar-refractivity contribution in [3.05, 3.63) is 95.6 Å². The quantitative estimate of drug-likeness (QED) is 0.304. The Hall–Kier alpha value is -3.67. The summed E-state index contributed by atoms with van der Waals surface area (Å²) in [7, 11) is 0. The van der Waals surface area contributed by atoms with Gasteiger partial charge in [0.05, 0.1) is 6.07 Å². The van der Waals surface area contributed by atoms with E-state index in [1.807, 2.05) is 68.4 Å². The minimum Gasteiger partial charge on any atom is -0.379 e. The number of nitriles is 1. The van der Waals surface area contributed by atoms with E-state index in [4.69, 9.17) is 4.74 Å². The van der Waals surface area contributed by atoms with E-state index >= 15 is 0 Å². The molecule has 39 heavy (non-hydrogen) atoms. The van der Waals surface area contributed by atoms with Crippen molar-refractivity contribution in [2.24, 2.45) is 5.92 Å². The number of benzene rings is 3. The van der Waals surface area contributed by atoms with Gasteiger partial charge in [0.1, 0.15) is 17.7 Å². The number of ether oxygens (including phenoxy) is 1. The molecule has 3 aromatic carbocycles. The van der Waals surface area contributed by atoms with Crippen molar-refractivity contribution in [2.75, 3.05) is 0 Å². The zero-order chi connectivity index (χ0) is 28.2. The maximum atomic E-state index is 13.2. The van der Waals surface area contributed by atoms with E-state index in [9.17, 15) is 28.3 Å². The summed E-state index contributed by atoms with van der Waals surface area (Å²) in [5.41, 5.74) is 2.11. The molecule has 0 aromatic heterocycles. The molecule has 2 unspecified atom stereocenters. The van der Waals surface area contributed by atoms with Crippen molar-refractivity contribution in [3.8, 4) is 17.2 Å². The first-order chi connectivity index (χ1) is 18.5. The molecule has 204 valence electrons. The van der Waals surface area contributed by atoms with Crippen LogP contribution in [0.25, 0.3) is 11.1 Å². The van der Waals surface area contributed by atoms with Gasteiger partial charge in [-0.3, -0.25) is 4.79 Å². The molecule has 0 spiro atoms. The Bertz CT molecular complexity index is 1300. The highest BCUT2D eigenvalue weighted by Gasteiger charge is 2.46. The average Bonchev–Trinajstić information content (AvgIpc) is 3.70. The molecule has 8 heteroatoms. The number of carbonyl (C=O) groups is 1. The second-order valence-corrected chi connectivity index (χ2v) is 10.4. The van der Waals surface area contributed by atoms with Crippen molar-refractivity contribution < 1.29 is 27.8 Å². The van der Waals surface area contributed by atoms with E-state index in [0.717, 1.165) is 16.7 Å². The van der Waals surface area contributed by atoms with Gasteiger partial charge in [-0.15, -0.1) is 0 Å². The van der Waals surface area contributed by atoms with Gasteiger partial charge in [-0.1, -0.05) is 92.7 Å². The minimum atomic E-state index is -4.73. The van der Waals surface area contributed by atoms with Gasteiger partial charge in [0.25, 0.3) is 0 Å². The summed E-state index contributed by atoms with van der Waals surface area (Å²) < 4.78 is 45.0. The minimum absolute atomic E-state index is 0.177. The number of alkyl halides is 3. The third-order valence-electron chi connectivity index (χ3n) is 6.79. The van der Waals surface area contributed by atoms with Crippen LogP contribution in [0.4, 0.5) is 13.2 Å². The monoisotopic (exact) mass is 536 g/mol. The Balaban J connectivity index is 1.59. The first kappa shape index (κ1) is 28.3. The molecule has 0 radical (unpaired) electrons. The second-order valence-electron chi connectivity index (χ2n) is 10.4. The topological polar surface area (TPSA) is 82.3 Å². The van der Waals surface area contributed by atoms with Gasteiger partial charge in [-0.05, 0) is 53.0 Å². The van der Waals surface area contributed by atoms with Crippen LogP contribution in [0.2, 0.25) is 0 Å². The predicted molar refractivity (Wildman–Crippen MR) is 141 cm³/mol. The molecular formula is C31H31F3N2O3. The van der Waals surface area contributed by atoms with Gasteiger partial charge >= 0.3 is 6.18 Å². The average molecular weight is 537 g/mol. The Morgan fingerprint density at radius 2 is 1.46 bits per heavy atom. The highest BCUT2D eigenvalue weighted by atomic mass is 19.4. The van der Waals surface area contributed by atoms with E-state index in [0.29, 0.717) is 24.8 Å². The molecule has 5 nitrogen and oxygen atoms in total. The van der Waals surface area contributed by atoms with Gasteiger partial charge in [0, 0.05) is 0 Å². The number of aliphatic hydroxyl groups is 1. The molecule has 4 rings (SSSR count). The van der Waals surface area contributed by atoms with Gasteiger partial charge in [0.15, 0.2) is 6.10 Å². The lowest BCUT2D eigenvalue weighted by Crippen LogP contribution is -2.44. The number of nitrogens with zero attached hydrogens (tertiary/aromatic N) is 1. The molecule has 0 saturated heterocycles. The van der Waals surface area contributed by atoms with Crippen molar-refractivity contribution in [1.82, 2.24) is 5.32 Å². The summed E-state index contributed by atoms with van der Waals surface area (Å²) in [6, 6.07) is 24.7. The SMILES string of the molecule is CC(C)C[C@H](OC(c1ccccc1)c1ccc(-c2ccc(C(O)C(F)(F)F)cc2)cc1)C(=O)NC1(C#N)CC1. The summed E-state index contributed by atoms with van der Waals surface area (Å²) >= 11 is 0. The first-order valence-electron chi connectivity index (χ1n) is 12.9. The van der Waals surface area contributed by atoms with Crippen LogP contribution in [0.1, 0.15) is 62.0 Å². The third kappa shape index (κ3) is 7.05. The number of hydrogen-bond acceptors (Lipinski definition) is 4. The van der Waals surface area contributed by atoms with Crippen molar-refractivity contribution in [1.29, 1.82) is 5.26 Å². The summed E-state index contributed by atoms with van der Waals surface area (Å²) in [5, 5.41) is 21.8. The molecule has 3 aromatic rings. The number of hydrogen-bond donors (Lipinski definition) is 2. The number of rotatable bonds is 10. The van der Waals surface area contributed by atoms with Crippen LogP contribution in [0.15, 0.2) is 78.9 Å². The highest BCUT2D eigenvalue weighted by Crippen LogP contribution is 2.36. The lowest BCUT2D eigenvalue weighted by atomic mass is 9.96. The van der Waals surface area contributed by atoms with E-state index in [-0.39, 0.29) is 17.4 Å². The second kappa shape index (κ2) is 11.6. The summed E-state index contributed by atoms with van der Waals surface area (Å²) in [4.78, 5) is 13.2. The maximum absolute atomic E-state index is 13.2. The highest BCUT2D eigenvalue weighted by molar-refractivity contribution is 5.82. The molecule has 1 aliphatic carbocycles. The predicted octanol–water partition coefficient (Wildman–Crippen LogP) is 6.64. The number of aliphatic hydroxyl groups excluding tert-OH is 1. The van der Waals surface area contributed by atoms with E-state index in [2.05, 4.69) is 11.4 Å². The Morgan fingerprint density at radius 3 is 1.92 bits per heavy atom. The molecule has 1 aliphatic rings. The van der Waals surface area contributed by atoms with Crippen molar-refractivity contribution in [2.45, 2.75) is 63.1 Å². The smallest absolute Gasteiger partial charge is 0.379 e. The van der Waals surface area contributed by atoms with Crippen LogP contribution >= 0.6 is 0 Å². The number of carbonyl (C=O) groups excluding carboxylic acids is 1. The fourth-order valence-corrected chi connectivity index (χ4v) is 4.40. The molecule has 1 amide bonds. The molecule has 0 bridgehead atoms. The van der Waals surface area contributed by atoms with Crippen LogP contribution in [0.5, 0.6) is 0 Å². The maximum Gasteiger partial charge on any atom is 0.418 e. The number of nitrogens with one attached hydrogen (secondary N) is 1. The third-order valence-corrected chi connectivity index (χ3v) is 6.79. The van der Waals surface area contributed by atoms with Gasteiger partial charge < -0.3 is 15.2 Å². The summed E-state index contributed by atoms with van der Waals surface area (Å²) in [6.07, 6.45) is -6.85. The van der Waals surface area contributed by atoms with E-state index in [1.54, 1.807) is 0 Å².